The minimum absolute atomic E-state index is 0.0713. The van der Waals surface area contributed by atoms with Crippen molar-refractivity contribution in [2.24, 2.45) is 11.3 Å². The molecule has 0 bridgehead atoms. The van der Waals surface area contributed by atoms with E-state index in [1.165, 1.54) is 12.3 Å². The van der Waals surface area contributed by atoms with E-state index in [-0.39, 0.29) is 24.4 Å². The number of amides is 1. The first kappa shape index (κ1) is 21.3. The number of halogens is 3. The van der Waals surface area contributed by atoms with E-state index in [1.807, 2.05) is 0 Å². The topological polar surface area (TPSA) is 72.5 Å². The van der Waals surface area contributed by atoms with Gasteiger partial charge in [-0.15, -0.1) is 13.2 Å². The van der Waals surface area contributed by atoms with Gasteiger partial charge in [0.1, 0.15) is 6.61 Å². The van der Waals surface area contributed by atoms with Crippen LogP contribution in [0.3, 0.4) is 0 Å². The van der Waals surface area contributed by atoms with Gasteiger partial charge in [0.05, 0.1) is 5.41 Å². The maximum Gasteiger partial charge on any atom is 0.573 e. The zero-order valence-electron chi connectivity index (χ0n) is 15.7. The van der Waals surface area contributed by atoms with E-state index in [0.29, 0.717) is 5.92 Å². The van der Waals surface area contributed by atoms with Crippen LogP contribution in [-0.4, -0.2) is 43.0 Å². The summed E-state index contributed by atoms with van der Waals surface area (Å²) in [5.41, 5.74) is -0.948. The van der Waals surface area contributed by atoms with Crippen LogP contribution in [0.15, 0.2) is 18.3 Å². The maximum absolute atomic E-state index is 12.7. The zero-order valence-corrected chi connectivity index (χ0v) is 15.7. The summed E-state index contributed by atoms with van der Waals surface area (Å²) >= 11 is 0. The van der Waals surface area contributed by atoms with Gasteiger partial charge in [-0.05, 0) is 51.4 Å². The van der Waals surface area contributed by atoms with Crippen molar-refractivity contribution < 1.29 is 27.4 Å². The molecule has 1 fully saturated rings. The Morgan fingerprint density at radius 2 is 2.15 bits per heavy atom. The average Bonchev–Trinajstić information content (AvgIpc) is 2.60. The highest BCUT2D eigenvalue weighted by molar-refractivity contribution is 5.82. The van der Waals surface area contributed by atoms with Gasteiger partial charge in [-0.1, -0.05) is 13.3 Å². The molecule has 1 saturated heterocycles. The van der Waals surface area contributed by atoms with Crippen LogP contribution in [0.5, 0.6) is 11.6 Å². The van der Waals surface area contributed by atoms with Gasteiger partial charge in [-0.3, -0.25) is 4.79 Å². The first-order valence-corrected chi connectivity index (χ1v) is 8.97. The maximum atomic E-state index is 12.7. The first-order valence-electron chi connectivity index (χ1n) is 8.97. The lowest BCUT2D eigenvalue weighted by atomic mass is 9.88. The second kappa shape index (κ2) is 8.77. The Labute approximate surface area is 156 Å². The largest absolute Gasteiger partial charge is 0.573 e. The summed E-state index contributed by atoms with van der Waals surface area (Å²) in [5, 5.41) is 6.37. The molecule has 2 N–H and O–H groups in total. The Balaban J connectivity index is 1.99. The average molecular weight is 389 g/mol. The van der Waals surface area contributed by atoms with Crippen molar-refractivity contribution in [2.75, 3.05) is 19.7 Å². The Morgan fingerprint density at radius 3 is 2.81 bits per heavy atom. The molecule has 2 heterocycles. The molecule has 9 heteroatoms. The monoisotopic (exact) mass is 389 g/mol. The third kappa shape index (κ3) is 6.27. The minimum Gasteiger partial charge on any atom is -0.474 e. The SMILES string of the molecule is CCC1CNCCC1NC(=O)C(C)(C)COc1ncccc1OC(F)(F)F. The van der Waals surface area contributed by atoms with E-state index in [1.54, 1.807) is 13.8 Å². The lowest BCUT2D eigenvalue weighted by Gasteiger charge is -2.34. The molecule has 1 aromatic heterocycles. The van der Waals surface area contributed by atoms with Gasteiger partial charge < -0.3 is 20.1 Å². The van der Waals surface area contributed by atoms with Crippen molar-refractivity contribution in [1.29, 1.82) is 0 Å². The highest BCUT2D eigenvalue weighted by atomic mass is 19.4. The van der Waals surface area contributed by atoms with E-state index in [2.05, 4.69) is 27.3 Å². The summed E-state index contributed by atoms with van der Waals surface area (Å²) in [6.45, 7) is 6.99. The van der Waals surface area contributed by atoms with Gasteiger partial charge in [0.15, 0.2) is 5.75 Å². The third-order valence-corrected chi connectivity index (χ3v) is 4.59. The molecule has 2 unspecified atom stereocenters. The molecule has 2 atom stereocenters. The van der Waals surface area contributed by atoms with Crippen LogP contribution >= 0.6 is 0 Å². The molecule has 152 valence electrons. The lowest BCUT2D eigenvalue weighted by molar-refractivity contribution is -0.275. The molecule has 2 rings (SSSR count). The molecule has 1 aromatic rings. The second-order valence-corrected chi connectivity index (χ2v) is 7.27. The molecular weight excluding hydrogens is 363 g/mol. The highest BCUT2D eigenvalue weighted by Crippen LogP contribution is 2.31. The van der Waals surface area contributed by atoms with Crippen LogP contribution < -0.4 is 20.1 Å². The summed E-state index contributed by atoms with van der Waals surface area (Å²) in [4.78, 5) is 16.5. The molecule has 0 saturated carbocycles. The van der Waals surface area contributed by atoms with E-state index >= 15 is 0 Å². The molecule has 27 heavy (non-hydrogen) atoms. The zero-order chi connectivity index (χ0) is 20.1. The number of carbonyl (C=O) groups is 1. The first-order chi connectivity index (χ1) is 12.6. The smallest absolute Gasteiger partial charge is 0.474 e. The van der Waals surface area contributed by atoms with Crippen molar-refractivity contribution >= 4 is 5.91 Å². The van der Waals surface area contributed by atoms with Crippen LogP contribution in [-0.2, 0) is 4.79 Å². The fourth-order valence-corrected chi connectivity index (χ4v) is 2.91. The number of alkyl halides is 3. The van der Waals surface area contributed by atoms with Crippen molar-refractivity contribution in [3.8, 4) is 11.6 Å². The van der Waals surface area contributed by atoms with E-state index in [0.717, 1.165) is 32.0 Å². The highest BCUT2D eigenvalue weighted by Gasteiger charge is 2.35. The number of hydrogen-bond acceptors (Lipinski definition) is 5. The normalized spacial score (nSPS) is 20.8. The Hall–Kier alpha value is -2.03. The number of rotatable bonds is 7. The van der Waals surface area contributed by atoms with Crippen LogP contribution in [0.2, 0.25) is 0 Å². The molecule has 6 nitrogen and oxygen atoms in total. The fourth-order valence-electron chi connectivity index (χ4n) is 2.91. The molecule has 0 radical (unpaired) electrons. The summed E-state index contributed by atoms with van der Waals surface area (Å²) in [6.07, 6.45) is -1.77. The fraction of sp³-hybridized carbons (Fsp3) is 0.667. The predicted molar refractivity (Wildman–Crippen MR) is 93.4 cm³/mol. The Kier molecular flexibility index (Phi) is 6.91. The van der Waals surface area contributed by atoms with Gasteiger partial charge in [0, 0.05) is 12.2 Å². The van der Waals surface area contributed by atoms with Crippen molar-refractivity contribution in [3.63, 3.8) is 0 Å². The molecule has 0 spiro atoms. The van der Waals surface area contributed by atoms with E-state index in [4.69, 9.17) is 4.74 Å². The molecule has 1 aliphatic heterocycles. The number of carbonyl (C=O) groups excluding carboxylic acids is 1. The number of pyridine rings is 1. The number of nitrogens with zero attached hydrogens (tertiary/aromatic N) is 1. The van der Waals surface area contributed by atoms with Gasteiger partial charge in [-0.2, -0.15) is 0 Å². The van der Waals surface area contributed by atoms with Crippen LogP contribution in [0.4, 0.5) is 13.2 Å². The number of aromatic nitrogens is 1. The molecule has 0 aliphatic carbocycles. The Bertz CT molecular complexity index is 638. The lowest BCUT2D eigenvalue weighted by Crippen LogP contribution is -2.53. The van der Waals surface area contributed by atoms with Crippen LogP contribution in [0.1, 0.15) is 33.6 Å². The Morgan fingerprint density at radius 1 is 1.41 bits per heavy atom. The molecule has 1 amide bonds. The minimum atomic E-state index is -4.85. The number of hydrogen-bond donors (Lipinski definition) is 2. The van der Waals surface area contributed by atoms with Crippen LogP contribution in [0.25, 0.3) is 0 Å². The quantitative estimate of drug-likeness (QED) is 0.750. The van der Waals surface area contributed by atoms with Crippen LogP contribution in [0, 0.1) is 11.3 Å². The summed E-state index contributed by atoms with van der Waals surface area (Å²) < 4.78 is 46.8. The van der Waals surface area contributed by atoms with Gasteiger partial charge in [-0.25, -0.2) is 4.98 Å². The summed E-state index contributed by atoms with van der Waals surface area (Å²) in [6, 6.07) is 2.50. The van der Waals surface area contributed by atoms with Crippen molar-refractivity contribution in [1.82, 2.24) is 15.6 Å². The molecule has 1 aliphatic rings. The van der Waals surface area contributed by atoms with E-state index in [9.17, 15) is 18.0 Å². The van der Waals surface area contributed by atoms with E-state index < -0.39 is 17.5 Å². The third-order valence-electron chi connectivity index (χ3n) is 4.59. The predicted octanol–water partition coefficient (Wildman–Crippen LogP) is 2.89. The summed E-state index contributed by atoms with van der Waals surface area (Å²) in [5.74, 6) is -0.696. The standard InChI is InChI=1S/C18H26F3N3O3/c1-4-12-10-22-9-7-13(12)24-16(25)17(2,3)11-26-15-14(6-5-8-23-15)27-18(19,20)21/h5-6,8,12-13,22H,4,7,9-11H2,1-3H3,(H,24,25). The number of piperidine rings is 1. The van der Waals surface area contributed by atoms with Crippen molar-refractivity contribution in [2.45, 2.75) is 46.0 Å². The van der Waals surface area contributed by atoms with Gasteiger partial charge in [0.25, 0.3) is 5.88 Å². The molecular formula is C18H26F3N3O3. The number of ether oxygens (including phenoxy) is 2. The number of nitrogens with one attached hydrogen (secondary N) is 2. The van der Waals surface area contributed by atoms with Gasteiger partial charge >= 0.3 is 6.36 Å². The van der Waals surface area contributed by atoms with Crippen molar-refractivity contribution in [3.05, 3.63) is 18.3 Å². The van der Waals surface area contributed by atoms with Gasteiger partial charge in [0.2, 0.25) is 5.91 Å². The molecule has 0 aromatic carbocycles. The second-order valence-electron chi connectivity index (χ2n) is 7.27. The summed E-state index contributed by atoms with van der Waals surface area (Å²) in [7, 11) is 0.